The van der Waals surface area contributed by atoms with Gasteiger partial charge in [0.25, 0.3) is 0 Å². The molecule has 0 radical (unpaired) electrons. The third kappa shape index (κ3) is 72.0. The molecule has 0 saturated carbocycles. The molecule has 0 aliphatic carbocycles. The fourth-order valence-electron chi connectivity index (χ4n) is 0.250. The van der Waals surface area contributed by atoms with E-state index in [1.54, 1.807) is 0 Å². The monoisotopic (exact) mass is 161 g/mol. The van der Waals surface area contributed by atoms with Gasteiger partial charge in [-0.3, -0.25) is 0 Å². The smallest absolute Gasteiger partial charge is 0.00775 e. The van der Waals surface area contributed by atoms with Gasteiger partial charge in [-0.25, -0.2) is 0 Å². The van der Waals surface area contributed by atoms with Crippen molar-refractivity contribution in [2.75, 3.05) is 13.1 Å². The Morgan fingerprint density at radius 1 is 0.727 bits per heavy atom. The second-order valence-corrected chi connectivity index (χ2v) is 1.96. The summed E-state index contributed by atoms with van der Waals surface area (Å²) in [5, 5.41) is 3.11. The SMILES string of the molecule is CC.CCCC.CCNCC. The van der Waals surface area contributed by atoms with Crippen molar-refractivity contribution < 1.29 is 0 Å². The van der Waals surface area contributed by atoms with E-state index >= 15 is 0 Å². The van der Waals surface area contributed by atoms with Gasteiger partial charge in [-0.15, -0.1) is 0 Å². The van der Waals surface area contributed by atoms with Gasteiger partial charge in [0.2, 0.25) is 0 Å². The van der Waals surface area contributed by atoms with Gasteiger partial charge < -0.3 is 5.32 Å². The Bertz CT molecular complexity index is 24.1. The second kappa shape index (κ2) is 32.5. The molecule has 72 valence electrons. The van der Waals surface area contributed by atoms with E-state index in [1.807, 2.05) is 13.8 Å². The van der Waals surface area contributed by atoms with E-state index in [1.165, 1.54) is 12.8 Å². The minimum Gasteiger partial charge on any atom is -0.317 e. The molecule has 1 heteroatoms. The molecule has 0 heterocycles. The van der Waals surface area contributed by atoms with Gasteiger partial charge in [-0.1, -0.05) is 54.4 Å². The van der Waals surface area contributed by atoms with Gasteiger partial charge in [-0.2, -0.15) is 0 Å². The van der Waals surface area contributed by atoms with Crippen LogP contribution in [-0.2, 0) is 0 Å². The highest BCUT2D eigenvalue weighted by Gasteiger charge is 1.62. The Kier molecular flexibility index (Phi) is 50.7. The summed E-state index contributed by atoms with van der Waals surface area (Å²) < 4.78 is 0. The second-order valence-electron chi connectivity index (χ2n) is 1.96. The van der Waals surface area contributed by atoms with E-state index in [9.17, 15) is 0 Å². The molecular formula is C10H27N. The molecule has 0 saturated heterocycles. The first-order valence-electron chi connectivity index (χ1n) is 5.04. The van der Waals surface area contributed by atoms with Gasteiger partial charge in [0.05, 0.1) is 0 Å². The van der Waals surface area contributed by atoms with E-state index in [0.29, 0.717) is 0 Å². The third-order valence-electron chi connectivity index (χ3n) is 1.000. The summed E-state index contributed by atoms with van der Waals surface area (Å²) in [6.07, 6.45) is 2.64. The van der Waals surface area contributed by atoms with Gasteiger partial charge >= 0.3 is 0 Å². The van der Waals surface area contributed by atoms with E-state index < -0.39 is 0 Å². The van der Waals surface area contributed by atoms with Crippen molar-refractivity contribution in [2.45, 2.75) is 54.4 Å². The maximum Gasteiger partial charge on any atom is -0.00775 e. The molecule has 0 aliphatic heterocycles. The summed E-state index contributed by atoms with van der Waals surface area (Å²) in [7, 11) is 0. The molecule has 0 unspecified atom stereocenters. The zero-order valence-electron chi connectivity index (χ0n) is 9.33. The molecule has 0 aromatic carbocycles. The zero-order valence-corrected chi connectivity index (χ0v) is 9.33. The Morgan fingerprint density at radius 2 is 1.00 bits per heavy atom. The summed E-state index contributed by atoms with van der Waals surface area (Å²) in [5.41, 5.74) is 0. The van der Waals surface area contributed by atoms with Crippen LogP contribution in [0.25, 0.3) is 0 Å². The van der Waals surface area contributed by atoms with Crippen LogP contribution in [0.2, 0.25) is 0 Å². The molecular weight excluding hydrogens is 134 g/mol. The summed E-state index contributed by atoms with van der Waals surface area (Å²) >= 11 is 0. The molecule has 0 aromatic rings. The Hall–Kier alpha value is -0.0400. The maximum atomic E-state index is 3.11. The van der Waals surface area contributed by atoms with Crippen molar-refractivity contribution >= 4 is 0 Å². The molecule has 0 aromatic heterocycles. The van der Waals surface area contributed by atoms with Crippen LogP contribution < -0.4 is 5.32 Å². The van der Waals surface area contributed by atoms with Crippen molar-refractivity contribution in [2.24, 2.45) is 0 Å². The van der Waals surface area contributed by atoms with Gasteiger partial charge in [0, 0.05) is 0 Å². The minimum absolute atomic E-state index is 1.09. The van der Waals surface area contributed by atoms with Crippen molar-refractivity contribution in [3.05, 3.63) is 0 Å². The van der Waals surface area contributed by atoms with Crippen LogP contribution in [-0.4, -0.2) is 13.1 Å². The van der Waals surface area contributed by atoms with Crippen LogP contribution in [0.5, 0.6) is 0 Å². The number of unbranched alkanes of at least 4 members (excludes halogenated alkanes) is 1. The van der Waals surface area contributed by atoms with Crippen molar-refractivity contribution in [3.8, 4) is 0 Å². The summed E-state index contributed by atoms with van der Waals surface area (Å²) in [4.78, 5) is 0. The molecule has 0 amide bonds. The lowest BCUT2D eigenvalue weighted by molar-refractivity contribution is 0.762. The average molecular weight is 161 g/mol. The highest BCUT2D eigenvalue weighted by Crippen LogP contribution is 1.76. The van der Waals surface area contributed by atoms with Crippen LogP contribution in [0.1, 0.15) is 54.4 Å². The molecule has 0 aliphatic rings. The molecule has 0 atom stereocenters. The third-order valence-corrected chi connectivity index (χ3v) is 1.000. The number of hydrogen-bond acceptors (Lipinski definition) is 1. The van der Waals surface area contributed by atoms with Gasteiger partial charge in [0.15, 0.2) is 0 Å². The lowest BCUT2D eigenvalue weighted by Gasteiger charge is -1.86. The Labute approximate surface area is 73.6 Å². The lowest BCUT2D eigenvalue weighted by Crippen LogP contribution is -2.09. The molecule has 0 spiro atoms. The predicted octanol–water partition coefficient (Wildman–Crippen LogP) is 3.45. The quantitative estimate of drug-likeness (QED) is 0.668. The summed E-state index contributed by atoms with van der Waals surface area (Å²) in [5.74, 6) is 0. The fourth-order valence-corrected chi connectivity index (χ4v) is 0.250. The molecule has 0 fully saturated rings. The molecule has 0 rings (SSSR count). The van der Waals surface area contributed by atoms with E-state index in [-0.39, 0.29) is 0 Å². The molecule has 11 heavy (non-hydrogen) atoms. The number of rotatable bonds is 3. The van der Waals surface area contributed by atoms with Crippen LogP contribution in [0.15, 0.2) is 0 Å². The largest absolute Gasteiger partial charge is 0.317 e. The standard InChI is InChI=1S/C4H11N.C4H10.C2H6/c1-3-5-4-2;1-3-4-2;1-2/h5H,3-4H2,1-2H3;3-4H2,1-2H3;1-2H3. The predicted molar refractivity (Wildman–Crippen MR) is 56.1 cm³/mol. The van der Waals surface area contributed by atoms with E-state index in [2.05, 4.69) is 33.0 Å². The topological polar surface area (TPSA) is 12.0 Å². The lowest BCUT2D eigenvalue weighted by atomic mass is 10.4. The van der Waals surface area contributed by atoms with Crippen molar-refractivity contribution in [3.63, 3.8) is 0 Å². The van der Waals surface area contributed by atoms with E-state index in [0.717, 1.165) is 13.1 Å². The van der Waals surface area contributed by atoms with Crippen molar-refractivity contribution in [1.82, 2.24) is 5.32 Å². The Morgan fingerprint density at radius 3 is 1.00 bits per heavy atom. The average Bonchev–Trinajstić information content (AvgIpc) is 2.10. The van der Waals surface area contributed by atoms with Crippen LogP contribution in [0, 0.1) is 0 Å². The number of hydrogen-bond donors (Lipinski definition) is 1. The molecule has 0 bridgehead atoms. The zero-order chi connectivity index (χ0) is 9.54. The first-order chi connectivity index (χ1) is 5.33. The van der Waals surface area contributed by atoms with Crippen molar-refractivity contribution in [1.29, 1.82) is 0 Å². The highest BCUT2D eigenvalue weighted by atomic mass is 14.8. The summed E-state index contributed by atoms with van der Waals surface area (Å²) in [6, 6.07) is 0. The van der Waals surface area contributed by atoms with Crippen LogP contribution in [0.4, 0.5) is 0 Å². The van der Waals surface area contributed by atoms with Crippen LogP contribution >= 0.6 is 0 Å². The Balaban J connectivity index is -0.0000000965. The molecule has 1 nitrogen and oxygen atoms in total. The minimum atomic E-state index is 1.09. The highest BCUT2D eigenvalue weighted by molar-refractivity contribution is 4.27. The van der Waals surface area contributed by atoms with Gasteiger partial charge in [-0.05, 0) is 13.1 Å². The van der Waals surface area contributed by atoms with Gasteiger partial charge in [0.1, 0.15) is 0 Å². The first-order valence-corrected chi connectivity index (χ1v) is 5.04. The van der Waals surface area contributed by atoms with Crippen LogP contribution in [0.3, 0.4) is 0 Å². The maximum absolute atomic E-state index is 3.11. The fraction of sp³-hybridized carbons (Fsp3) is 1.00. The summed E-state index contributed by atoms with van der Waals surface area (Å²) in [6.45, 7) is 14.8. The normalized spacial score (nSPS) is 7.09. The van der Waals surface area contributed by atoms with E-state index in [4.69, 9.17) is 0 Å². The molecule has 1 N–H and O–H groups in total. The number of nitrogens with one attached hydrogen (secondary N) is 1. The first kappa shape index (κ1) is 17.2.